The second kappa shape index (κ2) is 15.5. The monoisotopic (exact) mass is 326 g/mol. The molecule has 0 rings (SSSR count). The van der Waals surface area contributed by atoms with Gasteiger partial charge in [-0.25, -0.2) is 0 Å². The Labute approximate surface area is 148 Å². The van der Waals surface area contributed by atoms with Crippen molar-refractivity contribution >= 4 is 0 Å². The molecule has 1 atom stereocenters. The molecule has 1 nitrogen and oxygen atoms in total. The zero-order valence-corrected chi connectivity index (χ0v) is 17.3. The number of unbranched alkanes of at least 4 members (excludes halogenated alkanes) is 8. The fourth-order valence-electron chi connectivity index (χ4n) is 3.54. The molecule has 0 aliphatic rings. The fourth-order valence-corrected chi connectivity index (χ4v) is 3.54. The lowest BCUT2D eigenvalue weighted by atomic mass is 10.0. The van der Waals surface area contributed by atoms with Crippen LogP contribution in [0.15, 0.2) is 0 Å². The number of nitrogens with zero attached hydrogens (tertiary/aromatic N) is 1. The molecular weight excluding hydrogens is 278 g/mol. The average Bonchev–Trinajstić information content (AvgIpc) is 2.55. The molecule has 0 aliphatic heterocycles. The fraction of sp³-hybridized carbons (Fsp3) is 1.00. The first-order valence-corrected chi connectivity index (χ1v) is 10.9. The zero-order chi connectivity index (χ0) is 17.4. The Kier molecular flexibility index (Phi) is 15.5. The Balaban J connectivity index is 4.03. The number of hydrogen-bond acceptors (Lipinski definition) is 0. The van der Waals surface area contributed by atoms with Gasteiger partial charge in [-0.15, -0.1) is 0 Å². The largest absolute Gasteiger partial charge is 0.326 e. The van der Waals surface area contributed by atoms with Crippen molar-refractivity contribution < 1.29 is 4.48 Å². The van der Waals surface area contributed by atoms with Crippen molar-refractivity contribution in [1.82, 2.24) is 0 Å². The van der Waals surface area contributed by atoms with Crippen LogP contribution in [-0.2, 0) is 0 Å². The quantitative estimate of drug-likeness (QED) is 0.196. The van der Waals surface area contributed by atoms with Gasteiger partial charge in [-0.2, -0.15) is 0 Å². The summed E-state index contributed by atoms with van der Waals surface area (Å²) in [5.74, 6) is 0.930. The zero-order valence-electron chi connectivity index (χ0n) is 17.3. The lowest BCUT2D eigenvalue weighted by molar-refractivity contribution is -0.910. The molecule has 1 heteroatoms. The van der Waals surface area contributed by atoms with E-state index in [-0.39, 0.29) is 0 Å². The summed E-state index contributed by atoms with van der Waals surface area (Å²) in [6, 6.07) is 0. The third-order valence-corrected chi connectivity index (χ3v) is 5.69. The average molecular weight is 327 g/mol. The van der Waals surface area contributed by atoms with E-state index in [0.717, 1.165) is 5.92 Å². The molecule has 0 aromatic heterocycles. The Morgan fingerprint density at radius 3 is 1.43 bits per heavy atom. The van der Waals surface area contributed by atoms with E-state index >= 15 is 0 Å². The predicted molar refractivity (Wildman–Crippen MR) is 107 cm³/mol. The highest BCUT2D eigenvalue weighted by atomic mass is 15.3. The lowest BCUT2D eigenvalue weighted by Crippen LogP contribution is -2.46. The summed E-state index contributed by atoms with van der Waals surface area (Å²) in [4.78, 5) is 0. The third kappa shape index (κ3) is 14.0. The summed E-state index contributed by atoms with van der Waals surface area (Å²) in [7, 11) is 2.53. The van der Waals surface area contributed by atoms with Crippen LogP contribution in [0, 0.1) is 5.92 Å². The first kappa shape index (κ1) is 23.0. The highest BCUT2D eigenvalue weighted by Crippen LogP contribution is 2.16. The minimum absolute atomic E-state index is 0.930. The van der Waals surface area contributed by atoms with Crippen LogP contribution in [-0.4, -0.2) is 31.2 Å². The van der Waals surface area contributed by atoms with Gasteiger partial charge >= 0.3 is 0 Å². The second-order valence-corrected chi connectivity index (χ2v) is 8.27. The topological polar surface area (TPSA) is 0 Å². The van der Waals surface area contributed by atoms with Gasteiger partial charge < -0.3 is 4.48 Å². The molecule has 0 bridgehead atoms. The standard InChI is InChI=1S/C22H48N/c1-6-9-11-15-19-23(5,20-16-12-10-7-2)21-17-13-14-18-22(4)8-3/h22H,6-21H2,1-5H3/q+1. The molecule has 0 spiro atoms. The van der Waals surface area contributed by atoms with Gasteiger partial charge in [0.1, 0.15) is 0 Å². The van der Waals surface area contributed by atoms with E-state index in [4.69, 9.17) is 0 Å². The van der Waals surface area contributed by atoms with Gasteiger partial charge in [-0.1, -0.05) is 72.6 Å². The van der Waals surface area contributed by atoms with Gasteiger partial charge in [0.25, 0.3) is 0 Å². The van der Waals surface area contributed by atoms with Gasteiger partial charge in [0.15, 0.2) is 0 Å². The Bertz CT molecular complexity index is 224. The Hall–Kier alpha value is -0.0400. The van der Waals surface area contributed by atoms with Crippen molar-refractivity contribution in [3.8, 4) is 0 Å². The molecule has 0 aromatic carbocycles. The summed E-state index contributed by atoms with van der Waals surface area (Å²) >= 11 is 0. The molecular formula is C22H48N+. The molecule has 0 aliphatic carbocycles. The number of rotatable bonds is 17. The second-order valence-electron chi connectivity index (χ2n) is 8.27. The van der Waals surface area contributed by atoms with Gasteiger partial charge in [0.05, 0.1) is 26.7 Å². The molecule has 0 saturated carbocycles. The smallest absolute Gasteiger partial charge is 0.0784 e. The molecule has 23 heavy (non-hydrogen) atoms. The van der Waals surface area contributed by atoms with E-state index in [1.807, 2.05) is 0 Å². The molecule has 0 saturated heterocycles. The van der Waals surface area contributed by atoms with Crippen LogP contribution in [0.1, 0.15) is 111 Å². The highest BCUT2D eigenvalue weighted by molar-refractivity contribution is 4.52. The molecule has 0 heterocycles. The van der Waals surface area contributed by atoms with E-state index < -0.39 is 0 Å². The third-order valence-electron chi connectivity index (χ3n) is 5.69. The van der Waals surface area contributed by atoms with E-state index in [9.17, 15) is 0 Å². The van der Waals surface area contributed by atoms with Crippen LogP contribution in [0.2, 0.25) is 0 Å². The molecule has 0 aromatic rings. The van der Waals surface area contributed by atoms with Crippen LogP contribution in [0.3, 0.4) is 0 Å². The molecule has 0 radical (unpaired) electrons. The van der Waals surface area contributed by atoms with E-state index in [2.05, 4.69) is 34.7 Å². The SMILES string of the molecule is CCCCCC[N+](C)(CCCCCC)CCCCCC(C)CC. The summed E-state index contributed by atoms with van der Waals surface area (Å²) in [5.41, 5.74) is 0. The number of quaternary nitrogens is 1. The highest BCUT2D eigenvalue weighted by Gasteiger charge is 2.20. The van der Waals surface area contributed by atoms with Crippen molar-refractivity contribution in [1.29, 1.82) is 0 Å². The van der Waals surface area contributed by atoms with Crippen LogP contribution in [0.25, 0.3) is 0 Å². The molecule has 140 valence electrons. The van der Waals surface area contributed by atoms with Crippen LogP contribution in [0.5, 0.6) is 0 Å². The van der Waals surface area contributed by atoms with Crippen LogP contribution in [0.4, 0.5) is 0 Å². The van der Waals surface area contributed by atoms with Crippen molar-refractivity contribution in [3.05, 3.63) is 0 Å². The maximum atomic E-state index is 2.53. The minimum atomic E-state index is 0.930. The predicted octanol–water partition coefficient (Wildman–Crippen LogP) is 7.20. The van der Waals surface area contributed by atoms with Gasteiger partial charge in [-0.3, -0.25) is 0 Å². The summed E-state index contributed by atoms with van der Waals surface area (Å²) < 4.78 is 1.34. The van der Waals surface area contributed by atoms with Crippen molar-refractivity contribution in [2.75, 3.05) is 26.7 Å². The number of hydrogen-bond donors (Lipinski definition) is 0. The first-order chi connectivity index (χ1) is 11.1. The van der Waals surface area contributed by atoms with Crippen molar-refractivity contribution in [2.24, 2.45) is 5.92 Å². The van der Waals surface area contributed by atoms with E-state index in [0.29, 0.717) is 0 Å². The van der Waals surface area contributed by atoms with Gasteiger partial charge in [0.2, 0.25) is 0 Å². The van der Waals surface area contributed by atoms with E-state index in [1.54, 1.807) is 0 Å². The normalized spacial score (nSPS) is 13.4. The summed E-state index contributed by atoms with van der Waals surface area (Å²) in [6.07, 6.45) is 18.4. The van der Waals surface area contributed by atoms with Crippen LogP contribution >= 0.6 is 0 Å². The lowest BCUT2D eigenvalue weighted by Gasteiger charge is -2.35. The Morgan fingerprint density at radius 2 is 1.04 bits per heavy atom. The minimum Gasteiger partial charge on any atom is -0.326 e. The summed E-state index contributed by atoms with van der Waals surface area (Å²) in [6.45, 7) is 13.6. The van der Waals surface area contributed by atoms with Gasteiger partial charge in [-0.05, 0) is 44.4 Å². The molecule has 1 unspecified atom stereocenters. The first-order valence-electron chi connectivity index (χ1n) is 10.9. The Morgan fingerprint density at radius 1 is 0.609 bits per heavy atom. The van der Waals surface area contributed by atoms with Gasteiger partial charge in [0, 0.05) is 0 Å². The van der Waals surface area contributed by atoms with Crippen LogP contribution < -0.4 is 0 Å². The van der Waals surface area contributed by atoms with Crippen molar-refractivity contribution in [3.63, 3.8) is 0 Å². The molecule has 0 N–H and O–H groups in total. The molecule has 0 fully saturated rings. The maximum absolute atomic E-state index is 2.53. The van der Waals surface area contributed by atoms with E-state index in [1.165, 1.54) is 108 Å². The molecule has 0 amide bonds. The maximum Gasteiger partial charge on any atom is 0.0784 e. The van der Waals surface area contributed by atoms with Crippen molar-refractivity contribution in [2.45, 2.75) is 111 Å². The summed E-state index contributed by atoms with van der Waals surface area (Å²) in [5, 5.41) is 0.